The molecule has 19 heterocycles. The fourth-order valence-electron chi connectivity index (χ4n) is 19.5. The summed E-state index contributed by atoms with van der Waals surface area (Å²) in [5, 5.41) is 64.2. The Morgan fingerprint density at radius 3 is 1.13 bits per heavy atom. The summed E-state index contributed by atoms with van der Waals surface area (Å²) in [5.41, 5.74) is 7.62. The van der Waals surface area contributed by atoms with Crippen LogP contribution in [0.1, 0.15) is 115 Å². The third-order valence-corrected chi connectivity index (χ3v) is 26.5. The van der Waals surface area contributed by atoms with Crippen LogP contribution in [-0.4, -0.2) is 243 Å². The van der Waals surface area contributed by atoms with Crippen molar-refractivity contribution in [3.63, 3.8) is 0 Å². The molecule has 0 atom stereocenters. The minimum atomic E-state index is -4.58. The summed E-state index contributed by atoms with van der Waals surface area (Å²) in [7, 11) is 2.06. The number of carbonyl (C=O) groups is 1. The highest BCUT2D eigenvalue weighted by Crippen LogP contribution is 2.47. The van der Waals surface area contributed by atoms with Crippen LogP contribution < -0.4 is 15.1 Å². The number of aromatic nitrogens is 21. The number of halogens is 15. The number of hydrogen-bond donors (Lipinski definition) is 9. The summed E-state index contributed by atoms with van der Waals surface area (Å²) in [6, 6.07) is 26.9. The molecule has 0 spiro atoms. The standard InChI is InChI=1S/C21H18F3N5O.C20H19F3N6.C19H18F3N7.C19H17F3N6.C18H14F3N5/c22-21(23,24)19-12(6-7-25-19)17-10-13(20(30)29-8-2-1-3-9-29)18-14-11-26-28-15(14)4-5-16(18)27-17;21-20(22,23)19-14(10-25-28-19)17-8-12(11-29-6-2-1-3-7-29)18-13-9-24-27-15(13)4-5-16(18)26-17;1-28-4-6-29(7-5-28)16-8-15(12-10-24-27-18(12)19(20,21)22)25-14-3-2-13-11(17(14)16)9-23-26-13;20-19(21,22)18-12(10-24-27-18)15-8-16(28-6-2-1-3-7-28)17-11-9-23-26-13(11)4-5-14(17)25-15;19-18(20,21)17-10(5-6-22-17)14-7-15(24-9-1-2-9)16-11-8-23-26-12(11)3-4-13(16)25-14/h4-6,10-11H,1-3,7-9H2,(H,26,28);4-5,8-10H,1-3,6-7,11H2,(H,24,27)(H,25,28);2-3,8-10H,4-7H2,1H3,(H,23,26)(H,24,27);4-5,8-10H,1-3,6-7H2,(H,23,26)(H,24,27);3-5,7-9H,1-2,6H2,(H,23,26)(H,24,25). The molecule has 0 radical (unpaired) electrons. The molecule has 9 N–H and O–H groups in total. The van der Waals surface area contributed by atoms with Crippen LogP contribution in [0, 0.1) is 0 Å². The number of amides is 1. The third kappa shape index (κ3) is 18.5. The number of fused-ring (bicyclic) bond motifs is 15. The minimum Gasteiger partial charge on any atom is -0.382 e. The van der Waals surface area contributed by atoms with Crippen molar-refractivity contribution >= 4 is 155 Å². The number of benzene rings is 5. The molecule has 5 aromatic carbocycles. The number of aliphatic imine (C=N–C) groups is 2. The summed E-state index contributed by atoms with van der Waals surface area (Å²) in [4.78, 5) is 54.1. The van der Waals surface area contributed by atoms with Gasteiger partial charge in [0, 0.05) is 147 Å². The molecule has 30 nitrogen and oxygen atoms in total. The molecular formula is C97H86F15N29O. The Balaban J connectivity index is 0.000000105. The zero-order valence-corrected chi connectivity index (χ0v) is 75.5. The SMILES string of the molecule is CN1CCN(c2cc(-c3cn[nH]c3C(F)(F)F)nc3ccc4[nH]ncc4c23)CC1.FC(F)(F)C1=NCC=C1c1cc(NC2CC2)c2c(ccc3[nH]ncc32)n1.FC(F)(F)c1[nH]ncc1-c1cc(CN2CCCCC2)c2c(ccc3[nH]ncc32)n1.FC(F)(F)c1[nH]ncc1-c1cc(N2CCCCC2)c2c(ccc3[nH]ncc32)n1.O=C(c1cc(C2=CCN=C2C(F)(F)F)nc2ccc3[nH]ncc3c12)N1CCCCC1. The number of nitrogens with one attached hydrogen (secondary N) is 9. The fourth-order valence-corrected chi connectivity index (χ4v) is 19.5. The highest BCUT2D eigenvalue weighted by atomic mass is 19.4. The lowest BCUT2D eigenvalue weighted by Gasteiger charge is -2.35. The van der Waals surface area contributed by atoms with Gasteiger partial charge in [-0.05, 0) is 181 Å². The van der Waals surface area contributed by atoms with Crippen LogP contribution in [-0.2, 0) is 25.1 Å². The van der Waals surface area contributed by atoms with Crippen LogP contribution in [0.15, 0.2) is 163 Å². The van der Waals surface area contributed by atoms with E-state index in [2.05, 4.69) is 148 Å². The second kappa shape index (κ2) is 37.4. The van der Waals surface area contributed by atoms with Gasteiger partial charge in [-0.3, -0.25) is 60.5 Å². The first kappa shape index (κ1) is 93.0. The molecule has 0 bridgehead atoms. The highest BCUT2D eigenvalue weighted by Gasteiger charge is 2.45. The summed E-state index contributed by atoms with van der Waals surface area (Å²) in [6.07, 6.45) is 4.11. The number of piperazine rings is 1. The van der Waals surface area contributed by atoms with Crippen LogP contribution in [0.4, 0.5) is 82.9 Å². The van der Waals surface area contributed by atoms with Gasteiger partial charge in [0.1, 0.15) is 28.5 Å². The zero-order valence-electron chi connectivity index (χ0n) is 75.5. The van der Waals surface area contributed by atoms with Crippen molar-refractivity contribution in [3.05, 3.63) is 192 Å². The van der Waals surface area contributed by atoms with E-state index in [0.717, 1.165) is 215 Å². The summed E-state index contributed by atoms with van der Waals surface area (Å²) in [5.74, 6) is -0.193. The molecule has 1 aliphatic carbocycles. The van der Waals surface area contributed by atoms with Crippen LogP contribution in [0.3, 0.4) is 0 Å². The second-order valence-corrected chi connectivity index (χ2v) is 35.8. The van der Waals surface area contributed by atoms with Crippen LogP contribution in [0.2, 0.25) is 0 Å². The van der Waals surface area contributed by atoms with Crippen molar-refractivity contribution in [1.82, 2.24) is 121 Å². The average Bonchev–Trinajstić information content (AvgIpc) is 1.23. The molecule has 7 aliphatic rings. The number of alkyl halides is 15. The van der Waals surface area contributed by atoms with E-state index in [1.807, 2.05) is 42.5 Å². The number of hydrogen-bond acceptors (Lipinski definition) is 21. The lowest BCUT2D eigenvalue weighted by atomic mass is 9.98. The Hall–Kier alpha value is -15.3. The predicted molar refractivity (Wildman–Crippen MR) is 509 cm³/mol. The van der Waals surface area contributed by atoms with Crippen LogP contribution in [0.25, 0.3) is 154 Å². The number of piperidine rings is 3. The molecule has 1 amide bonds. The topological polar surface area (TPSA) is 364 Å². The van der Waals surface area contributed by atoms with Crippen molar-refractivity contribution in [1.29, 1.82) is 0 Å². The molecule has 0 unspecified atom stereocenters. The van der Waals surface area contributed by atoms with Gasteiger partial charge >= 0.3 is 30.9 Å². The number of likely N-dealkylation sites (tertiary alicyclic amines) is 2. The van der Waals surface area contributed by atoms with E-state index in [0.29, 0.717) is 64.2 Å². The van der Waals surface area contributed by atoms with Gasteiger partial charge in [0.15, 0.2) is 0 Å². The first-order valence-corrected chi connectivity index (χ1v) is 46.2. The number of rotatable bonds is 12. The van der Waals surface area contributed by atoms with E-state index in [1.165, 1.54) is 43.2 Å². The first-order chi connectivity index (χ1) is 68.4. The van der Waals surface area contributed by atoms with E-state index in [1.54, 1.807) is 78.3 Å². The largest absolute Gasteiger partial charge is 0.433 e. The number of H-pyrrole nitrogens is 8. The van der Waals surface area contributed by atoms with Crippen LogP contribution >= 0.6 is 0 Å². The number of anilines is 3. The molecule has 13 aromatic heterocycles. The second-order valence-electron chi connectivity index (χ2n) is 35.8. The monoisotopic (exact) mass is 1960 g/mol. The average molecular weight is 1960 g/mol. The van der Waals surface area contributed by atoms with Crippen molar-refractivity contribution in [2.75, 3.05) is 101 Å². The van der Waals surface area contributed by atoms with Gasteiger partial charge < -0.3 is 24.9 Å². The van der Waals surface area contributed by atoms with E-state index < -0.39 is 59.4 Å². The normalized spacial score (nSPS) is 16.6. The number of aromatic amines is 8. The quantitative estimate of drug-likeness (QED) is 0.0513. The summed E-state index contributed by atoms with van der Waals surface area (Å²) >= 11 is 0. The van der Waals surface area contributed by atoms with Crippen molar-refractivity contribution in [3.8, 4) is 33.8 Å². The van der Waals surface area contributed by atoms with E-state index >= 15 is 0 Å². The molecule has 5 fully saturated rings. The predicted octanol–water partition coefficient (Wildman–Crippen LogP) is 20.5. The van der Waals surface area contributed by atoms with Gasteiger partial charge in [-0.15, -0.1) is 0 Å². The Kier molecular flexibility index (Phi) is 24.5. The maximum Gasteiger partial charge on any atom is 0.433 e. The lowest BCUT2D eigenvalue weighted by molar-refractivity contribution is -0.141. The van der Waals surface area contributed by atoms with Gasteiger partial charge in [0.25, 0.3) is 5.91 Å². The fraction of sp³-hybridized carbons (Fsp3) is 0.320. The molecule has 6 aliphatic heterocycles. The van der Waals surface area contributed by atoms with Gasteiger partial charge in [0.05, 0.1) is 169 Å². The number of nitrogens with zero attached hydrogens (tertiary/aromatic N) is 20. The minimum absolute atomic E-state index is 0.0239. The number of pyridine rings is 5. The maximum atomic E-state index is 13.4. The van der Waals surface area contributed by atoms with Crippen molar-refractivity contribution < 1.29 is 70.7 Å². The van der Waals surface area contributed by atoms with Gasteiger partial charge in [0.2, 0.25) is 0 Å². The van der Waals surface area contributed by atoms with Crippen molar-refractivity contribution in [2.24, 2.45) is 9.98 Å². The zero-order chi connectivity index (χ0) is 98.3. The lowest BCUT2D eigenvalue weighted by Crippen LogP contribution is -2.44. The van der Waals surface area contributed by atoms with Gasteiger partial charge in [-0.1, -0.05) is 18.6 Å². The molecule has 25 rings (SSSR count). The Bertz CT molecular complexity index is 7970. The Morgan fingerprint density at radius 1 is 0.359 bits per heavy atom. The summed E-state index contributed by atoms with van der Waals surface area (Å²) < 4.78 is 201. The Morgan fingerprint density at radius 2 is 0.711 bits per heavy atom. The smallest absolute Gasteiger partial charge is 0.382 e. The van der Waals surface area contributed by atoms with E-state index in [-0.39, 0.29) is 75.3 Å². The highest BCUT2D eigenvalue weighted by molar-refractivity contribution is 6.29. The molecular weight excluding hydrogens is 1870 g/mol. The molecule has 45 heteroatoms. The molecule has 4 saturated heterocycles. The van der Waals surface area contributed by atoms with Gasteiger partial charge in [-0.25, -0.2) is 24.9 Å². The molecule has 1 saturated carbocycles. The number of likely N-dealkylation sites (N-methyl/N-ethyl adjacent to an activating group) is 1. The maximum absolute atomic E-state index is 13.4. The number of allylic oxidation sites excluding steroid dienone is 2. The molecule has 18 aromatic rings. The summed E-state index contributed by atoms with van der Waals surface area (Å²) in [6.45, 7) is 8.91. The van der Waals surface area contributed by atoms with Gasteiger partial charge in [-0.2, -0.15) is 107 Å². The van der Waals surface area contributed by atoms with Crippen LogP contribution in [0.5, 0.6) is 0 Å². The van der Waals surface area contributed by atoms with E-state index in [9.17, 15) is 70.7 Å². The molecule has 142 heavy (non-hydrogen) atoms. The Labute approximate surface area is 793 Å². The number of carbonyl (C=O) groups excluding carboxylic acids is 1. The molecule has 730 valence electrons. The van der Waals surface area contributed by atoms with Crippen molar-refractivity contribution in [2.45, 2.75) is 114 Å². The van der Waals surface area contributed by atoms with E-state index in [4.69, 9.17) is 0 Å². The first-order valence-electron chi connectivity index (χ1n) is 46.2. The third-order valence-electron chi connectivity index (χ3n) is 26.5.